The second kappa shape index (κ2) is 5.49. The highest BCUT2D eigenvalue weighted by atomic mass is 16.3. The number of aliphatic hydroxyl groups is 1. The van der Waals surface area contributed by atoms with E-state index in [1.807, 2.05) is 0 Å². The number of likely N-dealkylation sites (tertiary alicyclic amines) is 1. The summed E-state index contributed by atoms with van der Waals surface area (Å²) in [5.74, 6) is 0.990. The lowest BCUT2D eigenvalue weighted by molar-refractivity contribution is -0.131. The number of H-pyrrole nitrogens is 1. The van der Waals surface area contributed by atoms with Crippen molar-refractivity contribution in [2.45, 2.75) is 45.9 Å². The number of hydrogen-bond acceptors (Lipinski definition) is 5. The Morgan fingerprint density at radius 2 is 2.20 bits per heavy atom. The molecule has 0 spiro atoms. The van der Waals surface area contributed by atoms with E-state index in [1.165, 1.54) is 0 Å². The fourth-order valence-electron chi connectivity index (χ4n) is 2.06. The van der Waals surface area contributed by atoms with Crippen LogP contribution in [-0.2, 0) is 16.9 Å². The first-order valence-electron chi connectivity index (χ1n) is 6.93. The van der Waals surface area contributed by atoms with Gasteiger partial charge in [0.05, 0.1) is 12.5 Å². The summed E-state index contributed by atoms with van der Waals surface area (Å²) < 4.78 is 0. The molecule has 0 aromatic carbocycles. The van der Waals surface area contributed by atoms with Crippen molar-refractivity contribution in [3.63, 3.8) is 0 Å². The summed E-state index contributed by atoms with van der Waals surface area (Å²) in [5, 5.41) is 19.3. The molecule has 7 heteroatoms. The van der Waals surface area contributed by atoms with Gasteiger partial charge in [-0.2, -0.15) is 5.10 Å². The SMILES string of the molecule is CC(C)N1CC(C(=O)NCc2nc(C(C)(C)O)n[nH]2)C1. The molecule has 1 saturated heterocycles. The lowest BCUT2D eigenvalue weighted by Gasteiger charge is -2.40. The van der Waals surface area contributed by atoms with Gasteiger partial charge in [0.25, 0.3) is 0 Å². The molecule has 20 heavy (non-hydrogen) atoms. The van der Waals surface area contributed by atoms with Gasteiger partial charge in [-0.1, -0.05) is 0 Å². The topological polar surface area (TPSA) is 94.1 Å². The Morgan fingerprint density at radius 3 is 2.70 bits per heavy atom. The predicted molar refractivity (Wildman–Crippen MR) is 73.7 cm³/mol. The molecule has 1 aromatic heterocycles. The number of nitrogens with one attached hydrogen (secondary N) is 2. The Kier molecular flexibility index (Phi) is 4.10. The maximum atomic E-state index is 11.9. The van der Waals surface area contributed by atoms with Gasteiger partial charge in [-0.25, -0.2) is 4.98 Å². The summed E-state index contributed by atoms with van der Waals surface area (Å²) >= 11 is 0. The molecule has 1 amide bonds. The summed E-state index contributed by atoms with van der Waals surface area (Å²) in [5.41, 5.74) is -1.08. The van der Waals surface area contributed by atoms with Gasteiger partial charge in [-0.15, -0.1) is 0 Å². The normalized spacial score (nSPS) is 17.3. The number of aromatic amines is 1. The van der Waals surface area contributed by atoms with Crippen LogP contribution in [0.3, 0.4) is 0 Å². The molecule has 2 rings (SSSR count). The molecule has 1 aliphatic heterocycles. The monoisotopic (exact) mass is 281 g/mol. The number of carbonyl (C=O) groups excluding carboxylic acids is 1. The summed E-state index contributed by atoms with van der Waals surface area (Å²) in [6.07, 6.45) is 0. The molecule has 0 unspecified atom stereocenters. The van der Waals surface area contributed by atoms with Gasteiger partial charge in [-0.05, 0) is 27.7 Å². The lowest BCUT2D eigenvalue weighted by atomic mass is 9.97. The molecule has 1 aliphatic rings. The maximum Gasteiger partial charge on any atom is 0.226 e. The van der Waals surface area contributed by atoms with E-state index in [-0.39, 0.29) is 11.8 Å². The largest absolute Gasteiger partial charge is 0.382 e. The molecular weight excluding hydrogens is 258 g/mol. The van der Waals surface area contributed by atoms with E-state index in [1.54, 1.807) is 13.8 Å². The van der Waals surface area contributed by atoms with E-state index in [4.69, 9.17) is 0 Å². The van der Waals surface area contributed by atoms with Crippen molar-refractivity contribution in [2.24, 2.45) is 5.92 Å². The van der Waals surface area contributed by atoms with Gasteiger partial charge in [0.1, 0.15) is 11.4 Å². The van der Waals surface area contributed by atoms with Crippen LogP contribution >= 0.6 is 0 Å². The molecule has 0 aliphatic carbocycles. The van der Waals surface area contributed by atoms with Crippen molar-refractivity contribution >= 4 is 5.91 Å². The maximum absolute atomic E-state index is 11.9. The molecule has 3 N–H and O–H groups in total. The lowest BCUT2D eigenvalue weighted by Crippen LogP contribution is -2.55. The average molecular weight is 281 g/mol. The average Bonchev–Trinajstić information content (AvgIpc) is 2.71. The van der Waals surface area contributed by atoms with E-state index >= 15 is 0 Å². The summed E-state index contributed by atoms with van der Waals surface area (Å²) in [7, 11) is 0. The molecule has 0 bridgehead atoms. The summed E-state index contributed by atoms with van der Waals surface area (Å²) in [6, 6.07) is 0.489. The summed E-state index contributed by atoms with van der Waals surface area (Å²) in [4.78, 5) is 18.3. The van der Waals surface area contributed by atoms with Crippen LogP contribution in [0, 0.1) is 5.92 Å². The zero-order valence-corrected chi connectivity index (χ0v) is 12.5. The minimum absolute atomic E-state index is 0.0445. The third kappa shape index (κ3) is 3.34. The van der Waals surface area contributed by atoms with Crippen LogP contribution in [0.5, 0.6) is 0 Å². The van der Waals surface area contributed by atoms with Crippen LogP contribution in [0.1, 0.15) is 39.3 Å². The third-order valence-electron chi connectivity index (χ3n) is 3.52. The standard InChI is InChI=1S/C13H23N5O2/c1-8(2)18-6-9(7-18)11(19)14-5-10-15-12(17-16-10)13(3,4)20/h8-9,20H,5-7H2,1-4H3,(H,14,19)(H,15,16,17). The predicted octanol–water partition coefficient (Wildman–Crippen LogP) is -0.0115. The van der Waals surface area contributed by atoms with Gasteiger partial charge >= 0.3 is 0 Å². The Labute approximate surface area is 118 Å². The minimum Gasteiger partial charge on any atom is -0.382 e. The first kappa shape index (κ1) is 14.9. The number of rotatable bonds is 5. The van der Waals surface area contributed by atoms with Gasteiger partial charge < -0.3 is 10.4 Å². The third-order valence-corrected chi connectivity index (χ3v) is 3.52. The number of amides is 1. The van der Waals surface area contributed by atoms with Crippen molar-refractivity contribution in [3.05, 3.63) is 11.6 Å². The molecule has 0 saturated carbocycles. The smallest absolute Gasteiger partial charge is 0.226 e. The van der Waals surface area contributed by atoms with Gasteiger partial charge in [-0.3, -0.25) is 14.8 Å². The van der Waals surface area contributed by atoms with Crippen molar-refractivity contribution < 1.29 is 9.90 Å². The molecule has 0 atom stereocenters. The highest BCUT2D eigenvalue weighted by molar-refractivity contribution is 5.79. The number of nitrogens with zero attached hydrogens (tertiary/aromatic N) is 3. The van der Waals surface area contributed by atoms with Gasteiger partial charge in [0, 0.05) is 19.1 Å². The Hall–Kier alpha value is -1.47. The van der Waals surface area contributed by atoms with Crippen molar-refractivity contribution in [1.82, 2.24) is 25.4 Å². The van der Waals surface area contributed by atoms with E-state index in [0.29, 0.717) is 24.2 Å². The van der Waals surface area contributed by atoms with E-state index < -0.39 is 5.60 Å². The van der Waals surface area contributed by atoms with Crippen LogP contribution in [0.4, 0.5) is 0 Å². The fraction of sp³-hybridized carbons (Fsp3) is 0.769. The highest BCUT2D eigenvalue weighted by Crippen LogP contribution is 2.18. The number of carbonyl (C=O) groups is 1. The van der Waals surface area contributed by atoms with Gasteiger partial charge in [0.2, 0.25) is 5.91 Å². The Balaban J connectivity index is 1.78. The molecule has 0 radical (unpaired) electrons. The summed E-state index contributed by atoms with van der Waals surface area (Å²) in [6.45, 7) is 9.42. The molecular formula is C13H23N5O2. The molecule has 2 heterocycles. The second-order valence-corrected chi connectivity index (χ2v) is 6.13. The van der Waals surface area contributed by atoms with E-state index in [2.05, 4.69) is 39.2 Å². The molecule has 7 nitrogen and oxygen atoms in total. The van der Waals surface area contributed by atoms with Crippen LogP contribution in [-0.4, -0.2) is 50.2 Å². The fourth-order valence-corrected chi connectivity index (χ4v) is 2.06. The second-order valence-electron chi connectivity index (χ2n) is 6.13. The van der Waals surface area contributed by atoms with Crippen LogP contribution < -0.4 is 5.32 Å². The van der Waals surface area contributed by atoms with Crippen LogP contribution in [0.15, 0.2) is 0 Å². The van der Waals surface area contributed by atoms with Crippen molar-refractivity contribution in [1.29, 1.82) is 0 Å². The zero-order chi connectivity index (χ0) is 14.9. The molecule has 1 fully saturated rings. The van der Waals surface area contributed by atoms with Crippen molar-refractivity contribution in [3.8, 4) is 0 Å². The first-order chi connectivity index (χ1) is 9.27. The Morgan fingerprint density at radius 1 is 1.55 bits per heavy atom. The minimum atomic E-state index is -1.08. The van der Waals surface area contributed by atoms with E-state index in [0.717, 1.165) is 13.1 Å². The van der Waals surface area contributed by atoms with Crippen LogP contribution in [0.25, 0.3) is 0 Å². The zero-order valence-electron chi connectivity index (χ0n) is 12.5. The van der Waals surface area contributed by atoms with E-state index in [9.17, 15) is 9.90 Å². The highest BCUT2D eigenvalue weighted by Gasteiger charge is 2.33. The number of aromatic nitrogens is 3. The van der Waals surface area contributed by atoms with Crippen molar-refractivity contribution in [2.75, 3.05) is 13.1 Å². The molecule has 1 aromatic rings. The Bertz CT molecular complexity index is 471. The van der Waals surface area contributed by atoms with Crippen LogP contribution in [0.2, 0.25) is 0 Å². The molecule has 112 valence electrons. The first-order valence-corrected chi connectivity index (χ1v) is 6.93. The number of hydrogen-bond donors (Lipinski definition) is 3. The quantitative estimate of drug-likeness (QED) is 0.705. The van der Waals surface area contributed by atoms with Gasteiger partial charge in [0.15, 0.2) is 5.82 Å².